The highest BCUT2D eigenvalue weighted by Crippen LogP contribution is 2.36. The molecule has 0 N–H and O–H groups in total. The van der Waals surface area contributed by atoms with Crippen molar-refractivity contribution in [1.29, 1.82) is 0 Å². The number of rotatable bonds is 3. The van der Waals surface area contributed by atoms with Gasteiger partial charge in [-0.2, -0.15) is 5.10 Å². The highest BCUT2D eigenvalue weighted by Gasteiger charge is 2.32. The molecule has 0 bridgehead atoms. The third kappa shape index (κ3) is 3.73. The van der Waals surface area contributed by atoms with E-state index in [-0.39, 0.29) is 5.75 Å². The molecule has 1 fully saturated rings. The molecule has 0 radical (unpaired) electrons. The molecule has 126 valence electrons. The predicted molar refractivity (Wildman–Crippen MR) is 84.4 cm³/mol. The second-order valence-corrected chi connectivity index (χ2v) is 5.90. The van der Waals surface area contributed by atoms with E-state index >= 15 is 0 Å². The van der Waals surface area contributed by atoms with Crippen molar-refractivity contribution in [2.45, 2.75) is 44.5 Å². The Morgan fingerprint density at radius 3 is 2.62 bits per heavy atom. The largest absolute Gasteiger partial charge is 0.573 e. The maximum atomic E-state index is 12.6. The number of terminal acetylenes is 1. The van der Waals surface area contributed by atoms with Gasteiger partial charge in [0.25, 0.3) is 0 Å². The Balaban J connectivity index is 1.95. The SMILES string of the molecule is C#Cc1ccc(OC(F)(F)F)c(-c2cnn(C3CCCCC3)c2)c1. The minimum Gasteiger partial charge on any atom is -0.405 e. The third-order valence-electron chi connectivity index (χ3n) is 4.23. The first-order valence-corrected chi connectivity index (χ1v) is 7.87. The van der Waals surface area contributed by atoms with Crippen molar-refractivity contribution in [3.63, 3.8) is 0 Å². The molecule has 1 aromatic carbocycles. The first-order chi connectivity index (χ1) is 11.5. The van der Waals surface area contributed by atoms with Gasteiger partial charge in [-0.05, 0) is 31.0 Å². The van der Waals surface area contributed by atoms with Crippen LogP contribution in [0.1, 0.15) is 43.7 Å². The highest BCUT2D eigenvalue weighted by atomic mass is 19.4. The van der Waals surface area contributed by atoms with Gasteiger partial charge >= 0.3 is 6.36 Å². The van der Waals surface area contributed by atoms with Gasteiger partial charge in [0.05, 0.1) is 12.2 Å². The molecular weight excluding hydrogens is 317 g/mol. The summed E-state index contributed by atoms with van der Waals surface area (Å²) in [6.45, 7) is 0. The molecule has 0 unspecified atom stereocenters. The first kappa shape index (κ1) is 16.4. The minimum absolute atomic E-state index is 0.273. The van der Waals surface area contributed by atoms with Crippen molar-refractivity contribution in [2.75, 3.05) is 0 Å². The van der Waals surface area contributed by atoms with Gasteiger partial charge in [0.2, 0.25) is 0 Å². The maximum Gasteiger partial charge on any atom is 0.573 e. The monoisotopic (exact) mass is 334 g/mol. The van der Waals surface area contributed by atoms with Crippen LogP contribution in [0.4, 0.5) is 13.2 Å². The molecule has 3 rings (SSSR count). The molecule has 3 nitrogen and oxygen atoms in total. The van der Waals surface area contributed by atoms with E-state index in [4.69, 9.17) is 6.42 Å². The molecule has 0 amide bonds. The topological polar surface area (TPSA) is 27.1 Å². The fourth-order valence-corrected chi connectivity index (χ4v) is 3.08. The Kier molecular flexibility index (Phi) is 4.52. The number of benzene rings is 1. The maximum absolute atomic E-state index is 12.6. The van der Waals surface area contributed by atoms with Gasteiger partial charge in [0.1, 0.15) is 5.75 Å². The molecule has 24 heavy (non-hydrogen) atoms. The summed E-state index contributed by atoms with van der Waals surface area (Å²) in [5.74, 6) is 2.16. The van der Waals surface area contributed by atoms with Crippen LogP contribution in [-0.2, 0) is 0 Å². The normalized spacial score (nSPS) is 15.9. The summed E-state index contributed by atoms with van der Waals surface area (Å²) in [5.41, 5.74) is 1.35. The van der Waals surface area contributed by atoms with Gasteiger partial charge in [-0.3, -0.25) is 4.68 Å². The van der Waals surface area contributed by atoms with Crippen LogP contribution in [0.3, 0.4) is 0 Å². The fraction of sp³-hybridized carbons (Fsp3) is 0.389. The van der Waals surface area contributed by atoms with Crippen LogP contribution in [0.5, 0.6) is 5.75 Å². The van der Waals surface area contributed by atoms with Crippen LogP contribution in [0.15, 0.2) is 30.6 Å². The lowest BCUT2D eigenvalue weighted by molar-refractivity contribution is -0.274. The van der Waals surface area contributed by atoms with Crippen molar-refractivity contribution in [3.05, 3.63) is 36.2 Å². The Hall–Kier alpha value is -2.42. The van der Waals surface area contributed by atoms with Crippen molar-refractivity contribution >= 4 is 0 Å². The van der Waals surface area contributed by atoms with Gasteiger partial charge in [0.15, 0.2) is 0 Å². The van der Waals surface area contributed by atoms with Crippen LogP contribution in [-0.4, -0.2) is 16.1 Å². The quantitative estimate of drug-likeness (QED) is 0.744. The Morgan fingerprint density at radius 2 is 1.96 bits per heavy atom. The number of hydrogen-bond acceptors (Lipinski definition) is 2. The molecular formula is C18H17F3N2O. The standard InChI is InChI=1S/C18H17F3N2O/c1-2-13-8-9-17(24-18(19,20)21)16(10-13)14-11-22-23(12-14)15-6-4-3-5-7-15/h1,8-12,15H,3-7H2. The lowest BCUT2D eigenvalue weighted by Gasteiger charge is -2.21. The molecule has 0 aliphatic heterocycles. The second-order valence-electron chi connectivity index (χ2n) is 5.90. The molecule has 1 aromatic heterocycles. The molecule has 1 heterocycles. The summed E-state index contributed by atoms with van der Waals surface area (Å²) in [4.78, 5) is 0. The van der Waals surface area contributed by atoms with E-state index < -0.39 is 6.36 Å². The van der Waals surface area contributed by atoms with Crippen LogP contribution >= 0.6 is 0 Å². The Morgan fingerprint density at radius 1 is 1.21 bits per heavy atom. The lowest BCUT2D eigenvalue weighted by Crippen LogP contribution is -2.17. The van der Waals surface area contributed by atoms with E-state index in [2.05, 4.69) is 15.8 Å². The summed E-state index contributed by atoms with van der Waals surface area (Å²) >= 11 is 0. The second kappa shape index (κ2) is 6.60. The first-order valence-electron chi connectivity index (χ1n) is 7.87. The van der Waals surface area contributed by atoms with E-state index in [1.807, 2.05) is 4.68 Å². The molecule has 1 saturated carbocycles. The zero-order valence-electron chi connectivity index (χ0n) is 13.0. The van der Waals surface area contributed by atoms with Crippen molar-refractivity contribution in [3.8, 4) is 29.2 Å². The van der Waals surface area contributed by atoms with Crippen LogP contribution in [0, 0.1) is 12.3 Å². The Labute approximate surface area is 138 Å². The van der Waals surface area contributed by atoms with Crippen molar-refractivity contribution in [2.24, 2.45) is 0 Å². The summed E-state index contributed by atoms with van der Waals surface area (Å²) in [6.07, 6.45) is 9.53. The number of hydrogen-bond donors (Lipinski definition) is 0. The average molecular weight is 334 g/mol. The Bertz CT molecular complexity index is 752. The number of nitrogens with zero attached hydrogens (tertiary/aromatic N) is 2. The molecule has 0 saturated heterocycles. The van der Waals surface area contributed by atoms with Gasteiger partial charge < -0.3 is 4.74 Å². The van der Waals surface area contributed by atoms with E-state index in [0.29, 0.717) is 22.7 Å². The van der Waals surface area contributed by atoms with Crippen molar-refractivity contribution < 1.29 is 17.9 Å². The average Bonchev–Trinajstić information content (AvgIpc) is 3.04. The summed E-state index contributed by atoms with van der Waals surface area (Å²) in [6, 6.07) is 4.49. The van der Waals surface area contributed by atoms with Crippen molar-refractivity contribution in [1.82, 2.24) is 9.78 Å². The molecule has 6 heteroatoms. The zero-order chi connectivity index (χ0) is 17.2. The molecule has 2 aromatic rings. The summed E-state index contributed by atoms with van der Waals surface area (Å²) < 4.78 is 43.9. The summed E-state index contributed by atoms with van der Waals surface area (Å²) in [7, 11) is 0. The van der Waals surface area contributed by atoms with E-state index in [1.165, 1.54) is 24.6 Å². The van der Waals surface area contributed by atoms with Gasteiger partial charge in [-0.1, -0.05) is 25.2 Å². The van der Waals surface area contributed by atoms with Crippen LogP contribution in [0.25, 0.3) is 11.1 Å². The van der Waals surface area contributed by atoms with E-state index in [1.54, 1.807) is 12.4 Å². The van der Waals surface area contributed by atoms with Gasteiger partial charge in [-0.15, -0.1) is 19.6 Å². The highest BCUT2D eigenvalue weighted by molar-refractivity contribution is 5.71. The lowest BCUT2D eigenvalue weighted by atomic mass is 9.96. The molecule has 1 aliphatic rings. The van der Waals surface area contributed by atoms with E-state index in [0.717, 1.165) is 25.7 Å². The third-order valence-corrected chi connectivity index (χ3v) is 4.23. The minimum atomic E-state index is -4.76. The predicted octanol–water partition coefficient (Wildman–Crippen LogP) is 4.94. The van der Waals surface area contributed by atoms with Gasteiger partial charge in [-0.25, -0.2) is 0 Å². The number of halogens is 3. The molecule has 0 atom stereocenters. The smallest absolute Gasteiger partial charge is 0.405 e. The molecule has 0 spiro atoms. The zero-order valence-corrected chi connectivity index (χ0v) is 13.0. The summed E-state index contributed by atoms with van der Waals surface area (Å²) in [5, 5.41) is 4.34. The number of ether oxygens (including phenoxy) is 1. The number of aromatic nitrogens is 2. The van der Waals surface area contributed by atoms with Crippen LogP contribution < -0.4 is 4.74 Å². The van der Waals surface area contributed by atoms with Crippen LogP contribution in [0.2, 0.25) is 0 Å². The number of alkyl halides is 3. The fourth-order valence-electron chi connectivity index (χ4n) is 3.08. The van der Waals surface area contributed by atoms with E-state index in [9.17, 15) is 13.2 Å². The van der Waals surface area contributed by atoms with Gasteiger partial charge in [0, 0.05) is 22.9 Å². The molecule has 1 aliphatic carbocycles.